The quantitative estimate of drug-likeness (QED) is 0.886. The predicted molar refractivity (Wildman–Crippen MR) is 78.2 cm³/mol. The maximum atomic E-state index is 11.0. The Morgan fingerprint density at radius 2 is 1.90 bits per heavy atom. The predicted octanol–water partition coefficient (Wildman–Crippen LogP) is 0.620. The summed E-state index contributed by atoms with van der Waals surface area (Å²) < 4.78 is 0. The lowest BCUT2D eigenvalue weighted by atomic mass is 10.2. The molecule has 0 bridgehead atoms. The van der Waals surface area contributed by atoms with E-state index in [4.69, 9.17) is 5.11 Å². The molecular weight excluding hydrogens is 270 g/mol. The number of piperazine rings is 1. The second kappa shape index (κ2) is 5.61. The van der Waals surface area contributed by atoms with Crippen molar-refractivity contribution < 1.29 is 9.90 Å². The number of aliphatic carboxylic acids is 1. The van der Waals surface area contributed by atoms with Crippen LogP contribution in [0.1, 0.15) is 6.92 Å². The SMILES string of the molecule is CC(C(=O)O)N1CCN(c2ccc3nccnc3n2)CC1. The number of carboxylic acids is 1. The largest absolute Gasteiger partial charge is 0.480 e. The van der Waals surface area contributed by atoms with E-state index in [0.29, 0.717) is 18.7 Å². The molecule has 1 atom stereocenters. The molecular formula is C14H17N5O2. The summed E-state index contributed by atoms with van der Waals surface area (Å²) in [5.74, 6) is 0.0909. The van der Waals surface area contributed by atoms with Crippen molar-refractivity contribution in [1.29, 1.82) is 0 Å². The molecule has 1 fully saturated rings. The van der Waals surface area contributed by atoms with Gasteiger partial charge in [0.05, 0.1) is 0 Å². The number of hydrogen-bond donors (Lipinski definition) is 1. The highest BCUT2D eigenvalue weighted by Crippen LogP contribution is 2.17. The zero-order chi connectivity index (χ0) is 14.8. The summed E-state index contributed by atoms with van der Waals surface area (Å²) in [4.78, 5) is 28.1. The highest BCUT2D eigenvalue weighted by Gasteiger charge is 2.25. The Kier molecular flexibility index (Phi) is 3.66. The highest BCUT2D eigenvalue weighted by atomic mass is 16.4. The third-order valence-corrected chi connectivity index (χ3v) is 3.86. The molecule has 1 aliphatic heterocycles. The molecule has 21 heavy (non-hydrogen) atoms. The number of hydrogen-bond acceptors (Lipinski definition) is 6. The van der Waals surface area contributed by atoms with E-state index in [9.17, 15) is 4.79 Å². The van der Waals surface area contributed by atoms with Gasteiger partial charge in [-0.05, 0) is 19.1 Å². The van der Waals surface area contributed by atoms with Crippen molar-refractivity contribution >= 4 is 23.0 Å². The van der Waals surface area contributed by atoms with E-state index in [-0.39, 0.29) is 0 Å². The zero-order valence-corrected chi connectivity index (χ0v) is 11.8. The summed E-state index contributed by atoms with van der Waals surface area (Å²) in [7, 11) is 0. The van der Waals surface area contributed by atoms with Gasteiger partial charge in [0.2, 0.25) is 0 Å². The molecule has 1 N–H and O–H groups in total. The van der Waals surface area contributed by atoms with E-state index < -0.39 is 12.0 Å². The minimum Gasteiger partial charge on any atom is -0.480 e. The first-order valence-corrected chi connectivity index (χ1v) is 6.95. The number of pyridine rings is 1. The molecule has 0 aliphatic carbocycles. The van der Waals surface area contributed by atoms with Crippen LogP contribution in [0.15, 0.2) is 24.5 Å². The lowest BCUT2D eigenvalue weighted by Crippen LogP contribution is -2.51. The number of anilines is 1. The van der Waals surface area contributed by atoms with Crippen LogP contribution < -0.4 is 4.90 Å². The van der Waals surface area contributed by atoms with Crippen LogP contribution in [-0.4, -0.2) is 63.1 Å². The molecule has 2 aromatic heterocycles. The van der Waals surface area contributed by atoms with Gasteiger partial charge in [0.15, 0.2) is 5.65 Å². The van der Waals surface area contributed by atoms with Crippen LogP contribution in [0.5, 0.6) is 0 Å². The molecule has 7 heteroatoms. The Labute approximate surface area is 122 Å². The fourth-order valence-corrected chi connectivity index (χ4v) is 2.52. The summed E-state index contributed by atoms with van der Waals surface area (Å²) in [5.41, 5.74) is 1.41. The summed E-state index contributed by atoms with van der Waals surface area (Å²) in [5, 5.41) is 9.05. The Bertz CT molecular complexity index is 655. The fourth-order valence-electron chi connectivity index (χ4n) is 2.52. The summed E-state index contributed by atoms with van der Waals surface area (Å²) in [6, 6.07) is 3.41. The molecule has 1 unspecified atom stereocenters. The Morgan fingerprint density at radius 3 is 2.62 bits per heavy atom. The van der Waals surface area contributed by atoms with Crippen molar-refractivity contribution in [2.75, 3.05) is 31.1 Å². The van der Waals surface area contributed by atoms with Crippen LogP contribution in [-0.2, 0) is 4.79 Å². The summed E-state index contributed by atoms with van der Waals surface area (Å²) in [6.45, 7) is 4.68. The molecule has 110 valence electrons. The summed E-state index contributed by atoms with van der Waals surface area (Å²) >= 11 is 0. The van der Waals surface area contributed by atoms with Gasteiger partial charge >= 0.3 is 5.97 Å². The normalized spacial score (nSPS) is 17.9. The van der Waals surface area contributed by atoms with Crippen LogP contribution in [0.25, 0.3) is 11.2 Å². The van der Waals surface area contributed by atoms with Crippen molar-refractivity contribution in [2.45, 2.75) is 13.0 Å². The molecule has 0 spiro atoms. The molecule has 1 saturated heterocycles. The average molecular weight is 287 g/mol. The number of fused-ring (bicyclic) bond motifs is 1. The summed E-state index contributed by atoms with van der Waals surface area (Å²) in [6.07, 6.45) is 3.28. The third kappa shape index (κ3) is 2.78. The van der Waals surface area contributed by atoms with Gasteiger partial charge in [-0.1, -0.05) is 0 Å². The van der Waals surface area contributed by atoms with E-state index in [1.165, 1.54) is 0 Å². The van der Waals surface area contributed by atoms with Gasteiger partial charge in [0.1, 0.15) is 17.4 Å². The Morgan fingerprint density at radius 1 is 1.19 bits per heavy atom. The van der Waals surface area contributed by atoms with Gasteiger partial charge in [-0.3, -0.25) is 14.7 Å². The van der Waals surface area contributed by atoms with Crippen molar-refractivity contribution in [3.05, 3.63) is 24.5 Å². The van der Waals surface area contributed by atoms with Crippen molar-refractivity contribution in [1.82, 2.24) is 19.9 Å². The van der Waals surface area contributed by atoms with Crippen LogP contribution >= 0.6 is 0 Å². The van der Waals surface area contributed by atoms with Gasteiger partial charge in [-0.15, -0.1) is 0 Å². The molecule has 0 saturated carbocycles. The van der Waals surface area contributed by atoms with Gasteiger partial charge in [-0.25, -0.2) is 9.97 Å². The van der Waals surface area contributed by atoms with Crippen LogP contribution in [0.3, 0.4) is 0 Å². The van der Waals surface area contributed by atoms with E-state index in [0.717, 1.165) is 24.4 Å². The molecule has 0 amide bonds. The first-order chi connectivity index (χ1) is 10.1. The molecule has 1 aliphatic rings. The van der Waals surface area contributed by atoms with Gasteiger partial charge in [-0.2, -0.15) is 0 Å². The minimum atomic E-state index is -0.775. The minimum absolute atomic E-state index is 0.442. The van der Waals surface area contributed by atoms with E-state index in [1.54, 1.807) is 19.3 Å². The van der Waals surface area contributed by atoms with Crippen LogP contribution in [0.2, 0.25) is 0 Å². The van der Waals surface area contributed by atoms with E-state index in [2.05, 4.69) is 19.9 Å². The molecule has 7 nitrogen and oxygen atoms in total. The molecule has 2 aromatic rings. The smallest absolute Gasteiger partial charge is 0.320 e. The van der Waals surface area contributed by atoms with Crippen LogP contribution in [0.4, 0.5) is 5.82 Å². The second-order valence-electron chi connectivity index (χ2n) is 5.11. The molecule has 3 heterocycles. The standard InChI is InChI=1S/C14H17N5O2/c1-10(14(20)21)18-6-8-19(9-7-18)12-3-2-11-13(17-12)16-5-4-15-11/h2-5,10H,6-9H2,1H3,(H,20,21). The van der Waals surface area contributed by atoms with Crippen molar-refractivity contribution in [3.63, 3.8) is 0 Å². The monoisotopic (exact) mass is 287 g/mol. The number of carboxylic acid groups (broad SMARTS) is 1. The number of nitrogens with zero attached hydrogens (tertiary/aromatic N) is 5. The highest BCUT2D eigenvalue weighted by molar-refractivity contribution is 5.73. The zero-order valence-electron chi connectivity index (χ0n) is 11.8. The first-order valence-electron chi connectivity index (χ1n) is 6.95. The fraction of sp³-hybridized carbons (Fsp3) is 0.429. The topological polar surface area (TPSA) is 82.5 Å². The second-order valence-corrected chi connectivity index (χ2v) is 5.11. The van der Waals surface area contributed by atoms with E-state index >= 15 is 0 Å². The van der Waals surface area contributed by atoms with Crippen LogP contribution in [0, 0.1) is 0 Å². The number of carbonyl (C=O) groups is 1. The third-order valence-electron chi connectivity index (χ3n) is 3.86. The molecule has 3 rings (SSSR count). The molecule has 0 aromatic carbocycles. The van der Waals surface area contributed by atoms with Gasteiger partial charge in [0, 0.05) is 38.6 Å². The van der Waals surface area contributed by atoms with Crippen molar-refractivity contribution in [3.8, 4) is 0 Å². The Balaban J connectivity index is 1.72. The lowest BCUT2D eigenvalue weighted by molar-refractivity contribution is -0.142. The molecule has 0 radical (unpaired) electrons. The number of aromatic nitrogens is 3. The van der Waals surface area contributed by atoms with Gasteiger partial charge in [0.25, 0.3) is 0 Å². The Hall–Kier alpha value is -2.28. The maximum Gasteiger partial charge on any atom is 0.320 e. The van der Waals surface area contributed by atoms with E-state index in [1.807, 2.05) is 17.0 Å². The lowest BCUT2D eigenvalue weighted by Gasteiger charge is -2.37. The maximum absolute atomic E-state index is 11.0. The number of rotatable bonds is 3. The average Bonchev–Trinajstić information content (AvgIpc) is 2.54. The first kappa shape index (κ1) is 13.7. The van der Waals surface area contributed by atoms with Crippen molar-refractivity contribution in [2.24, 2.45) is 0 Å². The van der Waals surface area contributed by atoms with Gasteiger partial charge < -0.3 is 10.0 Å².